The van der Waals surface area contributed by atoms with Crippen molar-refractivity contribution in [1.29, 1.82) is 0 Å². The number of hydrogen-bond donors (Lipinski definition) is 1. The molecule has 1 aliphatic carbocycles. The van der Waals surface area contributed by atoms with Crippen molar-refractivity contribution in [1.82, 2.24) is 3.80 Å². The first-order valence-electron chi connectivity index (χ1n) is 8.31. The van der Waals surface area contributed by atoms with Gasteiger partial charge >= 0.3 is 112 Å². The van der Waals surface area contributed by atoms with Crippen LogP contribution < -0.4 is 3.80 Å². The molecule has 1 aliphatic rings. The molecule has 0 aromatic carbocycles. The van der Waals surface area contributed by atoms with E-state index < -0.39 is 16.8 Å². The molecule has 0 saturated carbocycles. The fraction of sp³-hybridized carbons (Fsp3) is 0.600. The van der Waals surface area contributed by atoms with Gasteiger partial charge in [-0.3, -0.25) is 0 Å². The Hall–Kier alpha value is -0.366. The van der Waals surface area contributed by atoms with Gasteiger partial charge in [0.15, 0.2) is 0 Å². The molecule has 1 nitrogen and oxygen atoms in total. The summed E-state index contributed by atoms with van der Waals surface area (Å²) in [5.41, 5.74) is 4.89. The molecular weight excluding hydrogens is 302 g/mol. The monoisotopic (exact) mass is 339 g/mol. The Morgan fingerprint density at radius 2 is 1.59 bits per heavy atom. The van der Waals surface area contributed by atoms with Crippen LogP contribution in [0.4, 0.5) is 0 Å². The molecule has 0 aromatic rings. The summed E-state index contributed by atoms with van der Waals surface area (Å²) in [6, 6.07) is 0. The Morgan fingerprint density at radius 3 is 1.82 bits per heavy atom. The van der Waals surface area contributed by atoms with E-state index in [1.165, 1.54) is 5.57 Å². The summed E-state index contributed by atoms with van der Waals surface area (Å²) in [7, 11) is 0. The van der Waals surface area contributed by atoms with Crippen LogP contribution in [0.5, 0.6) is 0 Å². The first-order valence-corrected chi connectivity index (χ1v) is 13.0. The van der Waals surface area contributed by atoms with Gasteiger partial charge in [0.2, 0.25) is 0 Å². The van der Waals surface area contributed by atoms with Crippen LogP contribution in [0.1, 0.15) is 55.4 Å². The van der Waals surface area contributed by atoms with Crippen molar-refractivity contribution in [3.8, 4) is 0 Å². The molecular formula is C20H37NTi. The van der Waals surface area contributed by atoms with Crippen molar-refractivity contribution in [3.63, 3.8) is 0 Å². The predicted molar refractivity (Wildman–Crippen MR) is 99.9 cm³/mol. The third kappa shape index (κ3) is 6.03. The molecule has 1 rings (SSSR count). The molecule has 1 unspecified atom stereocenters. The molecule has 0 bridgehead atoms. The molecule has 0 spiro atoms. The van der Waals surface area contributed by atoms with Gasteiger partial charge in [0, 0.05) is 0 Å². The van der Waals surface area contributed by atoms with E-state index in [1.54, 1.807) is 21.1 Å². The third-order valence-electron chi connectivity index (χ3n) is 4.33. The zero-order valence-electron chi connectivity index (χ0n) is 16.5. The number of hydrogen-bond acceptors (Lipinski definition) is 1. The van der Waals surface area contributed by atoms with Gasteiger partial charge in [0.25, 0.3) is 0 Å². The van der Waals surface area contributed by atoms with Gasteiger partial charge in [-0.05, 0) is 6.92 Å². The minimum absolute atomic E-state index is 0.223. The topological polar surface area (TPSA) is 12.0 Å². The van der Waals surface area contributed by atoms with Crippen molar-refractivity contribution in [2.24, 2.45) is 5.92 Å². The minimum atomic E-state index is -2.08. The van der Waals surface area contributed by atoms with Crippen molar-refractivity contribution in [2.75, 3.05) is 0 Å². The molecule has 126 valence electrons. The molecule has 1 atom stereocenters. The van der Waals surface area contributed by atoms with Gasteiger partial charge in [0.05, 0.1) is 0 Å². The molecule has 1 N–H and O–H groups in total. The number of nitrogens with one attached hydrogen (secondary N) is 1. The molecule has 0 saturated heterocycles. The zero-order valence-corrected chi connectivity index (χ0v) is 18.1. The van der Waals surface area contributed by atoms with Gasteiger partial charge < -0.3 is 0 Å². The summed E-state index contributed by atoms with van der Waals surface area (Å²) >= 11 is -2.08. The third-order valence-corrected chi connectivity index (χ3v) is 9.84. The summed E-state index contributed by atoms with van der Waals surface area (Å²) < 4.78 is 5.69. The van der Waals surface area contributed by atoms with Gasteiger partial charge in [-0.25, -0.2) is 0 Å². The molecule has 2 heteroatoms. The van der Waals surface area contributed by atoms with Gasteiger partial charge in [-0.2, -0.15) is 0 Å². The molecule has 22 heavy (non-hydrogen) atoms. The Kier molecular flexibility index (Phi) is 8.34. The molecule has 0 amide bonds. The number of allylic oxidation sites excluding steroid dienone is 7. The Bertz CT molecular complexity index is 484. The Balaban J connectivity index is 0.000000763. The van der Waals surface area contributed by atoms with E-state index in [1.807, 2.05) is 19.1 Å². The van der Waals surface area contributed by atoms with Crippen LogP contribution in [-0.2, 0) is 16.8 Å². The first kappa shape index (κ1) is 21.6. The fourth-order valence-corrected chi connectivity index (χ4v) is 10.4. The molecule has 0 heterocycles. The standard InChI is InChI=1S/C9H13.C5H8.C4H10N.2CH3.Ti/c1-6-5-7(2)9(4)8(6)3;1-3-5-4-2;1-4(2,3)5;;;/h6H,1-4H3;3-5H,1H2,2H3;5H,1-3H3;2*1H3;/q;;-1;;;+1/b;5-4+;;;;. The Labute approximate surface area is 143 Å². The second kappa shape index (κ2) is 8.48. The quantitative estimate of drug-likeness (QED) is 0.454. The Morgan fingerprint density at radius 1 is 1.09 bits per heavy atom. The van der Waals surface area contributed by atoms with Crippen molar-refractivity contribution >= 4 is 0 Å². The van der Waals surface area contributed by atoms with Gasteiger partial charge in [0.1, 0.15) is 0 Å². The van der Waals surface area contributed by atoms with Crippen LogP contribution in [0, 0.1) is 5.92 Å². The first-order chi connectivity index (χ1) is 9.89. The van der Waals surface area contributed by atoms with Crippen LogP contribution >= 0.6 is 0 Å². The molecule has 0 aliphatic heterocycles. The summed E-state index contributed by atoms with van der Waals surface area (Å²) in [6.07, 6.45) is 5.58. The van der Waals surface area contributed by atoms with E-state index >= 15 is 0 Å². The normalized spacial score (nSPS) is 19.6. The second-order valence-corrected chi connectivity index (χ2v) is 14.1. The van der Waals surface area contributed by atoms with Crippen molar-refractivity contribution < 1.29 is 16.8 Å². The average Bonchev–Trinajstić information content (AvgIpc) is 2.53. The van der Waals surface area contributed by atoms with Crippen LogP contribution in [0.2, 0.25) is 10.5 Å². The van der Waals surface area contributed by atoms with Gasteiger partial charge in [-0.1, -0.05) is 24.8 Å². The summed E-state index contributed by atoms with van der Waals surface area (Å²) in [5, 5.41) is 4.99. The van der Waals surface area contributed by atoms with E-state index in [9.17, 15) is 0 Å². The second-order valence-electron chi connectivity index (χ2n) is 7.83. The maximum absolute atomic E-state index is 3.94. The molecule has 0 aromatic heterocycles. The van der Waals surface area contributed by atoms with Gasteiger partial charge in [-0.15, -0.1) is 0 Å². The molecule has 0 radical (unpaired) electrons. The SMILES string of the molecule is C=C/C=C/C.CC1=C(C)C(C)[C]([Ti]([CH3])([CH3])[NH]C(C)(C)C)=C1C. The van der Waals surface area contributed by atoms with Crippen molar-refractivity contribution in [3.05, 3.63) is 45.4 Å². The van der Waals surface area contributed by atoms with Crippen LogP contribution in [0.15, 0.2) is 45.4 Å². The van der Waals surface area contributed by atoms with E-state index in [-0.39, 0.29) is 5.54 Å². The van der Waals surface area contributed by atoms with E-state index in [0.717, 1.165) is 0 Å². The van der Waals surface area contributed by atoms with Crippen molar-refractivity contribution in [2.45, 2.75) is 71.4 Å². The van der Waals surface area contributed by atoms with E-state index in [0.29, 0.717) is 5.92 Å². The maximum atomic E-state index is 3.94. The zero-order chi connectivity index (χ0) is 17.7. The molecule has 0 fully saturated rings. The average molecular weight is 339 g/mol. The van der Waals surface area contributed by atoms with Crippen LogP contribution in [0.3, 0.4) is 0 Å². The predicted octanol–water partition coefficient (Wildman–Crippen LogP) is 6.55. The number of rotatable bonds is 3. The van der Waals surface area contributed by atoms with E-state index in [2.05, 4.69) is 69.3 Å². The van der Waals surface area contributed by atoms with Crippen LogP contribution in [-0.4, -0.2) is 5.54 Å². The van der Waals surface area contributed by atoms with Crippen LogP contribution in [0.25, 0.3) is 0 Å². The fourth-order valence-electron chi connectivity index (χ4n) is 3.51. The summed E-state index contributed by atoms with van der Waals surface area (Å²) in [5.74, 6) is 0.653. The summed E-state index contributed by atoms with van der Waals surface area (Å²) in [6.45, 7) is 21.5. The van der Waals surface area contributed by atoms with E-state index in [4.69, 9.17) is 0 Å². The summed E-state index contributed by atoms with van der Waals surface area (Å²) in [4.78, 5) is 0.